The van der Waals surface area contributed by atoms with Gasteiger partial charge in [0.1, 0.15) is 6.10 Å². The van der Waals surface area contributed by atoms with E-state index in [0.717, 1.165) is 109 Å². The topological polar surface area (TPSA) is 91.4 Å². The maximum atomic E-state index is 13.4. The molecule has 8 heteroatoms. The summed E-state index contributed by atoms with van der Waals surface area (Å²) < 4.78 is 23.5. The molecule has 0 unspecified atom stereocenters. The van der Waals surface area contributed by atoms with Gasteiger partial charge in [-0.3, -0.25) is 14.4 Å². The van der Waals surface area contributed by atoms with Gasteiger partial charge in [-0.2, -0.15) is 0 Å². The number of unbranched alkanes of at least 4 members (excludes halogenated alkanes) is 16. The van der Waals surface area contributed by atoms with Crippen LogP contribution in [0.4, 0.5) is 0 Å². The molecule has 0 aromatic carbocycles. The first-order chi connectivity index (χ1) is 29.2. The van der Waals surface area contributed by atoms with Gasteiger partial charge < -0.3 is 23.8 Å². The summed E-state index contributed by atoms with van der Waals surface area (Å²) in [5.41, 5.74) is -0.455. The Morgan fingerprint density at radius 3 is 1.25 bits per heavy atom. The fourth-order valence-corrected chi connectivity index (χ4v) is 8.38. The molecule has 1 fully saturated rings. The molecule has 60 heavy (non-hydrogen) atoms. The SMILES string of the molecule is CCCCCC(CCCCC)CCOC(=O)CCCCCCCC(CCCCCCCC(=O)OCCC(CCCCC)CCCCC)OC(=O)C1(COCCN(C)C)CC1. The van der Waals surface area contributed by atoms with E-state index >= 15 is 0 Å². The van der Waals surface area contributed by atoms with Crippen molar-refractivity contribution in [1.29, 1.82) is 0 Å². The van der Waals surface area contributed by atoms with E-state index in [1.807, 2.05) is 14.1 Å². The molecule has 8 nitrogen and oxygen atoms in total. The molecule has 0 aromatic rings. The fraction of sp³-hybridized carbons (Fsp3) is 0.942. The number of hydrogen-bond acceptors (Lipinski definition) is 8. The average molecular weight is 850 g/mol. The lowest BCUT2D eigenvalue weighted by Gasteiger charge is -2.22. The minimum atomic E-state index is -0.455. The average Bonchev–Trinajstić information content (AvgIpc) is 4.02. The third-order valence-electron chi connectivity index (χ3n) is 12.9. The number of nitrogens with zero attached hydrogens (tertiary/aromatic N) is 1. The summed E-state index contributed by atoms with van der Waals surface area (Å²) in [5, 5.41) is 0. The second kappa shape index (κ2) is 39.0. The molecule has 0 bridgehead atoms. The van der Waals surface area contributed by atoms with E-state index in [1.54, 1.807) is 0 Å². The van der Waals surface area contributed by atoms with Crippen LogP contribution in [-0.2, 0) is 33.3 Å². The summed E-state index contributed by atoms with van der Waals surface area (Å²) in [7, 11) is 4.06. The second-order valence-corrected chi connectivity index (χ2v) is 19.0. The van der Waals surface area contributed by atoms with Gasteiger partial charge in [0, 0.05) is 19.4 Å². The van der Waals surface area contributed by atoms with Gasteiger partial charge in [0.05, 0.1) is 31.8 Å². The van der Waals surface area contributed by atoms with Gasteiger partial charge in [-0.05, 0) is 90.1 Å². The highest BCUT2D eigenvalue weighted by atomic mass is 16.6. The zero-order valence-corrected chi connectivity index (χ0v) is 40.6. The van der Waals surface area contributed by atoms with Gasteiger partial charge >= 0.3 is 17.9 Å². The van der Waals surface area contributed by atoms with Crippen LogP contribution >= 0.6 is 0 Å². The largest absolute Gasteiger partial charge is 0.466 e. The summed E-state index contributed by atoms with van der Waals surface area (Å²) in [5.74, 6) is 1.21. The molecule has 354 valence electrons. The van der Waals surface area contributed by atoms with Gasteiger partial charge in [0.2, 0.25) is 0 Å². The highest BCUT2D eigenvalue weighted by Crippen LogP contribution is 2.47. The number of ether oxygens (including phenoxy) is 4. The molecular weight excluding hydrogens is 751 g/mol. The van der Waals surface area contributed by atoms with Crippen LogP contribution in [0.15, 0.2) is 0 Å². The van der Waals surface area contributed by atoms with Crippen LogP contribution in [-0.4, -0.2) is 76.0 Å². The van der Waals surface area contributed by atoms with Gasteiger partial charge in [0.15, 0.2) is 0 Å². The highest BCUT2D eigenvalue weighted by Gasteiger charge is 2.52. The van der Waals surface area contributed by atoms with Crippen molar-refractivity contribution >= 4 is 17.9 Å². The molecule has 1 saturated carbocycles. The molecule has 1 aliphatic carbocycles. The maximum Gasteiger partial charge on any atom is 0.314 e. The van der Waals surface area contributed by atoms with Crippen LogP contribution in [0.3, 0.4) is 0 Å². The Kier molecular flexibility index (Phi) is 36.6. The Bertz CT molecular complexity index is 938. The summed E-state index contributed by atoms with van der Waals surface area (Å²) >= 11 is 0. The Labute approximate surface area is 371 Å². The first kappa shape index (κ1) is 56.3. The van der Waals surface area contributed by atoms with Crippen LogP contribution in [0.1, 0.15) is 246 Å². The van der Waals surface area contributed by atoms with E-state index in [4.69, 9.17) is 18.9 Å². The fourth-order valence-electron chi connectivity index (χ4n) is 8.38. The molecule has 0 amide bonds. The lowest BCUT2D eigenvalue weighted by molar-refractivity contribution is -0.159. The van der Waals surface area contributed by atoms with E-state index < -0.39 is 5.41 Å². The molecule has 0 heterocycles. The molecule has 0 radical (unpaired) electrons. The first-order valence-electron chi connectivity index (χ1n) is 25.9. The standard InChI is InChI=1S/C52H99NO7/c1-7-11-21-29-46(30-22-12-8-2)37-42-58-49(54)35-27-19-15-17-25-33-48(60-51(56)52(39-40-52)45-57-44-41-53(5)6)34-26-18-16-20-28-36-50(55)59-43-38-47(31-23-13-9-3)32-24-14-10-4/h46-48H,7-45H2,1-6H3. The molecule has 0 aliphatic heterocycles. The second-order valence-electron chi connectivity index (χ2n) is 19.0. The smallest absolute Gasteiger partial charge is 0.314 e. The summed E-state index contributed by atoms with van der Waals surface area (Å²) in [6, 6.07) is 0. The summed E-state index contributed by atoms with van der Waals surface area (Å²) in [4.78, 5) is 40.4. The Morgan fingerprint density at radius 2 is 0.867 bits per heavy atom. The van der Waals surface area contributed by atoms with Crippen LogP contribution in [0, 0.1) is 17.3 Å². The molecular formula is C52H99NO7. The van der Waals surface area contributed by atoms with Crippen LogP contribution in [0.25, 0.3) is 0 Å². The minimum absolute atomic E-state index is 0.0443. The number of carbonyl (C=O) groups excluding carboxylic acids is 3. The normalized spacial score (nSPS) is 13.5. The lowest BCUT2D eigenvalue weighted by atomic mass is 9.92. The summed E-state index contributed by atoms with van der Waals surface area (Å²) in [6.45, 7) is 12.1. The number of likely N-dealkylation sites (N-methyl/N-ethyl adjacent to an activating group) is 1. The molecule has 0 aromatic heterocycles. The number of rotatable bonds is 45. The Hall–Kier alpha value is -1.67. The highest BCUT2D eigenvalue weighted by molar-refractivity contribution is 5.80. The van der Waals surface area contributed by atoms with Crippen molar-refractivity contribution in [2.75, 3.05) is 47.1 Å². The zero-order chi connectivity index (χ0) is 43.9. The Morgan fingerprint density at radius 1 is 0.483 bits per heavy atom. The van der Waals surface area contributed by atoms with Crippen molar-refractivity contribution in [2.45, 2.75) is 252 Å². The third kappa shape index (κ3) is 32.1. The van der Waals surface area contributed by atoms with E-state index in [9.17, 15) is 14.4 Å². The summed E-state index contributed by atoms with van der Waals surface area (Å²) in [6.07, 6.45) is 37.0. The van der Waals surface area contributed by atoms with Gasteiger partial charge in [-0.25, -0.2) is 0 Å². The van der Waals surface area contributed by atoms with Crippen molar-refractivity contribution in [3.8, 4) is 0 Å². The Balaban J connectivity index is 2.40. The van der Waals surface area contributed by atoms with E-state index in [0.29, 0.717) is 51.1 Å². The lowest BCUT2D eigenvalue weighted by Crippen LogP contribution is -2.30. The predicted octanol–water partition coefficient (Wildman–Crippen LogP) is 14.1. The van der Waals surface area contributed by atoms with Gasteiger partial charge in [-0.1, -0.05) is 169 Å². The van der Waals surface area contributed by atoms with Crippen LogP contribution in [0.5, 0.6) is 0 Å². The molecule has 0 saturated heterocycles. The van der Waals surface area contributed by atoms with Crippen LogP contribution in [0.2, 0.25) is 0 Å². The monoisotopic (exact) mass is 850 g/mol. The predicted molar refractivity (Wildman–Crippen MR) is 250 cm³/mol. The van der Waals surface area contributed by atoms with Gasteiger partial charge in [-0.15, -0.1) is 0 Å². The van der Waals surface area contributed by atoms with Gasteiger partial charge in [0.25, 0.3) is 0 Å². The van der Waals surface area contributed by atoms with E-state index in [1.165, 1.54) is 103 Å². The van der Waals surface area contributed by atoms with Crippen molar-refractivity contribution in [1.82, 2.24) is 4.90 Å². The van der Waals surface area contributed by atoms with Crippen molar-refractivity contribution in [3.05, 3.63) is 0 Å². The van der Waals surface area contributed by atoms with E-state index in [2.05, 4.69) is 32.6 Å². The molecule has 1 rings (SSSR count). The number of carbonyl (C=O) groups is 3. The number of esters is 3. The first-order valence-corrected chi connectivity index (χ1v) is 25.9. The van der Waals surface area contributed by atoms with E-state index in [-0.39, 0.29) is 24.0 Å². The van der Waals surface area contributed by atoms with Crippen molar-refractivity contribution in [2.24, 2.45) is 17.3 Å². The quantitative estimate of drug-likeness (QED) is 0.0340. The number of hydrogen-bond donors (Lipinski definition) is 0. The molecule has 0 N–H and O–H groups in total. The molecule has 1 aliphatic rings. The minimum Gasteiger partial charge on any atom is -0.466 e. The van der Waals surface area contributed by atoms with Crippen LogP contribution < -0.4 is 0 Å². The zero-order valence-electron chi connectivity index (χ0n) is 40.6. The maximum absolute atomic E-state index is 13.4. The molecule has 0 spiro atoms. The van der Waals surface area contributed by atoms with Crippen molar-refractivity contribution < 1.29 is 33.3 Å². The van der Waals surface area contributed by atoms with Crippen molar-refractivity contribution in [3.63, 3.8) is 0 Å². The molecule has 0 atom stereocenters. The third-order valence-corrected chi connectivity index (χ3v) is 12.9.